The SMILES string of the molecule is CC(C)N(C)CCCCNC(=O)c1ccc(F)cc1N. The largest absolute Gasteiger partial charge is 0.398 e. The van der Waals surface area contributed by atoms with Crippen LogP contribution in [0.2, 0.25) is 0 Å². The van der Waals surface area contributed by atoms with Crippen LogP contribution in [-0.2, 0) is 0 Å². The van der Waals surface area contributed by atoms with Gasteiger partial charge in [-0.2, -0.15) is 0 Å². The van der Waals surface area contributed by atoms with Gasteiger partial charge in [0.1, 0.15) is 5.82 Å². The third-order valence-corrected chi connectivity index (χ3v) is 3.36. The molecule has 0 heterocycles. The second-order valence-corrected chi connectivity index (χ2v) is 5.27. The van der Waals surface area contributed by atoms with Crippen LogP contribution in [0, 0.1) is 5.82 Å². The number of carbonyl (C=O) groups is 1. The summed E-state index contributed by atoms with van der Waals surface area (Å²) in [6.45, 7) is 5.91. The van der Waals surface area contributed by atoms with Crippen LogP contribution in [0.15, 0.2) is 18.2 Å². The number of rotatable bonds is 7. The van der Waals surface area contributed by atoms with E-state index in [0.717, 1.165) is 25.5 Å². The van der Waals surface area contributed by atoms with Crippen LogP contribution in [0.3, 0.4) is 0 Å². The van der Waals surface area contributed by atoms with Gasteiger partial charge in [-0.05, 0) is 58.5 Å². The lowest BCUT2D eigenvalue weighted by atomic mass is 10.1. The molecule has 0 aromatic heterocycles. The topological polar surface area (TPSA) is 58.4 Å². The van der Waals surface area contributed by atoms with Crippen LogP contribution in [0.5, 0.6) is 0 Å². The summed E-state index contributed by atoms with van der Waals surface area (Å²) in [5, 5.41) is 2.80. The molecule has 0 aliphatic carbocycles. The van der Waals surface area contributed by atoms with Crippen molar-refractivity contribution >= 4 is 11.6 Å². The minimum atomic E-state index is -0.434. The maximum Gasteiger partial charge on any atom is 0.253 e. The number of unbranched alkanes of at least 4 members (excludes halogenated alkanes) is 1. The number of amides is 1. The smallest absolute Gasteiger partial charge is 0.253 e. The highest BCUT2D eigenvalue weighted by atomic mass is 19.1. The molecular formula is C15H24FN3O. The van der Waals surface area contributed by atoms with Gasteiger partial charge in [0.25, 0.3) is 5.91 Å². The normalized spacial score (nSPS) is 11.1. The van der Waals surface area contributed by atoms with Crippen LogP contribution in [0.1, 0.15) is 37.0 Å². The Morgan fingerprint density at radius 1 is 1.40 bits per heavy atom. The highest BCUT2D eigenvalue weighted by Gasteiger charge is 2.09. The molecule has 1 amide bonds. The summed E-state index contributed by atoms with van der Waals surface area (Å²) in [6.07, 6.45) is 1.93. The Morgan fingerprint density at radius 3 is 2.70 bits per heavy atom. The van der Waals surface area contributed by atoms with Crippen molar-refractivity contribution in [2.24, 2.45) is 0 Å². The highest BCUT2D eigenvalue weighted by Crippen LogP contribution is 2.13. The molecule has 0 radical (unpaired) electrons. The third kappa shape index (κ3) is 5.17. The minimum absolute atomic E-state index is 0.169. The van der Waals surface area contributed by atoms with E-state index in [-0.39, 0.29) is 11.6 Å². The molecule has 0 fully saturated rings. The zero-order valence-corrected chi connectivity index (χ0v) is 12.4. The van der Waals surface area contributed by atoms with Gasteiger partial charge in [-0.3, -0.25) is 4.79 Å². The molecule has 0 bridgehead atoms. The minimum Gasteiger partial charge on any atom is -0.398 e. The van der Waals surface area contributed by atoms with Crippen molar-refractivity contribution in [2.45, 2.75) is 32.7 Å². The number of carbonyl (C=O) groups excluding carboxylic acids is 1. The van der Waals surface area contributed by atoms with Gasteiger partial charge in [0.2, 0.25) is 0 Å². The number of nitrogens with two attached hydrogens (primary N) is 1. The molecular weight excluding hydrogens is 257 g/mol. The van der Waals surface area contributed by atoms with E-state index < -0.39 is 5.82 Å². The maximum atomic E-state index is 12.9. The van der Waals surface area contributed by atoms with Crippen molar-refractivity contribution in [3.63, 3.8) is 0 Å². The molecule has 112 valence electrons. The van der Waals surface area contributed by atoms with E-state index in [4.69, 9.17) is 5.73 Å². The molecule has 0 saturated carbocycles. The van der Waals surface area contributed by atoms with Crippen molar-refractivity contribution in [1.29, 1.82) is 0 Å². The Bertz CT molecular complexity index is 449. The maximum absolute atomic E-state index is 12.9. The van der Waals surface area contributed by atoms with E-state index in [0.29, 0.717) is 18.2 Å². The van der Waals surface area contributed by atoms with Gasteiger partial charge in [0.15, 0.2) is 0 Å². The van der Waals surface area contributed by atoms with Crippen molar-refractivity contribution in [1.82, 2.24) is 10.2 Å². The van der Waals surface area contributed by atoms with Crippen LogP contribution >= 0.6 is 0 Å². The molecule has 3 N–H and O–H groups in total. The fourth-order valence-corrected chi connectivity index (χ4v) is 1.78. The average Bonchev–Trinajstić information content (AvgIpc) is 2.37. The van der Waals surface area contributed by atoms with Gasteiger partial charge in [0.05, 0.1) is 5.56 Å². The second-order valence-electron chi connectivity index (χ2n) is 5.27. The summed E-state index contributed by atoms with van der Waals surface area (Å²) < 4.78 is 12.9. The first-order valence-electron chi connectivity index (χ1n) is 6.95. The summed E-state index contributed by atoms with van der Waals surface area (Å²) in [5.74, 6) is -0.685. The highest BCUT2D eigenvalue weighted by molar-refractivity contribution is 5.99. The molecule has 0 aliphatic heterocycles. The summed E-state index contributed by atoms with van der Waals surface area (Å²) in [5.41, 5.74) is 6.11. The molecule has 4 nitrogen and oxygen atoms in total. The molecule has 0 spiro atoms. The molecule has 5 heteroatoms. The number of hydrogen-bond donors (Lipinski definition) is 2. The van der Waals surface area contributed by atoms with Gasteiger partial charge in [0, 0.05) is 18.3 Å². The van der Waals surface area contributed by atoms with E-state index in [2.05, 4.69) is 31.1 Å². The van der Waals surface area contributed by atoms with E-state index in [1.807, 2.05) is 0 Å². The Hall–Kier alpha value is -1.62. The summed E-state index contributed by atoms with van der Waals surface area (Å²) in [4.78, 5) is 14.1. The van der Waals surface area contributed by atoms with Crippen LogP contribution in [-0.4, -0.2) is 37.0 Å². The van der Waals surface area contributed by atoms with Crippen molar-refractivity contribution in [2.75, 3.05) is 25.9 Å². The Labute approximate surface area is 120 Å². The zero-order chi connectivity index (χ0) is 15.1. The third-order valence-electron chi connectivity index (χ3n) is 3.36. The molecule has 0 saturated heterocycles. The predicted molar refractivity (Wildman–Crippen MR) is 80.1 cm³/mol. The Balaban J connectivity index is 2.30. The number of benzene rings is 1. The summed E-state index contributed by atoms with van der Waals surface area (Å²) in [6, 6.07) is 4.34. The molecule has 1 aromatic rings. The molecule has 0 aliphatic rings. The number of anilines is 1. The van der Waals surface area contributed by atoms with Gasteiger partial charge >= 0.3 is 0 Å². The lowest BCUT2D eigenvalue weighted by molar-refractivity contribution is 0.0953. The van der Waals surface area contributed by atoms with Crippen molar-refractivity contribution < 1.29 is 9.18 Å². The van der Waals surface area contributed by atoms with E-state index in [1.54, 1.807) is 0 Å². The molecule has 1 rings (SSSR count). The van der Waals surface area contributed by atoms with E-state index in [9.17, 15) is 9.18 Å². The lowest BCUT2D eigenvalue weighted by Gasteiger charge is -2.20. The van der Waals surface area contributed by atoms with Gasteiger partial charge in [-0.25, -0.2) is 4.39 Å². The first-order valence-corrected chi connectivity index (χ1v) is 6.95. The first kappa shape index (κ1) is 16.4. The quantitative estimate of drug-likeness (QED) is 0.595. The van der Waals surface area contributed by atoms with Crippen LogP contribution < -0.4 is 11.1 Å². The van der Waals surface area contributed by atoms with Crippen molar-refractivity contribution in [3.05, 3.63) is 29.6 Å². The molecule has 0 unspecified atom stereocenters. The van der Waals surface area contributed by atoms with Crippen LogP contribution in [0.25, 0.3) is 0 Å². The second kappa shape index (κ2) is 7.85. The summed E-state index contributed by atoms with van der Waals surface area (Å²) in [7, 11) is 2.09. The number of nitrogens with zero attached hydrogens (tertiary/aromatic N) is 1. The van der Waals surface area contributed by atoms with Gasteiger partial charge in [-0.1, -0.05) is 0 Å². The zero-order valence-electron chi connectivity index (χ0n) is 12.4. The average molecular weight is 281 g/mol. The molecule has 0 atom stereocenters. The monoisotopic (exact) mass is 281 g/mol. The predicted octanol–water partition coefficient (Wildman–Crippen LogP) is 2.26. The van der Waals surface area contributed by atoms with Crippen molar-refractivity contribution in [3.8, 4) is 0 Å². The number of nitrogen functional groups attached to an aromatic ring is 1. The summed E-state index contributed by atoms with van der Waals surface area (Å²) >= 11 is 0. The molecule has 1 aromatic carbocycles. The van der Waals surface area contributed by atoms with Gasteiger partial charge in [-0.15, -0.1) is 0 Å². The fraction of sp³-hybridized carbons (Fsp3) is 0.533. The Morgan fingerprint density at radius 2 is 2.10 bits per heavy atom. The number of nitrogens with one attached hydrogen (secondary N) is 1. The number of hydrogen-bond acceptors (Lipinski definition) is 3. The molecule has 20 heavy (non-hydrogen) atoms. The number of halogens is 1. The van der Waals surface area contributed by atoms with Crippen LogP contribution in [0.4, 0.5) is 10.1 Å². The van der Waals surface area contributed by atoms with E-state index >= 15 is 0 Å². The standard InChI is InChI=1S/C15H24FN3O/c1-11(2)19(3)9-5-4-8-18-15(20)13-7-6-12(16)10-14(13)17/h6-7,10-11H,4-5,8-9,17H2,1-3H3,(H,18,20). The van der Waals surface area contributed by atoms with Gasteiger partial charge < -0.3 is 16.0 Å². The first-order chi connectivity index (χ1) is 9.41. The fourth-order valence-electron chi connectivity index (χ4n) is 1.78. The van der Waals surface area contributed by atoms with E-state index in [1.165, 1.54) is 12.1 Å². The Kier molecular flexibility index (Phi) is 6.45. The lowest BCUT2D eigenvalue weighted by Crippen LogP contribution is -2.29.